The summed E-state index contributed by atoms with van der Waals surface area (Å²) >= 11 is 0. The topological polar surface area (TPSA) is 93.5 Å². The van der Waals surface area contributed by atoms with Crippen molar-refractivity contribution in [3.63, 3.8) is 0 Å². The first-order chi connectivity index (χ1) is 8.13. The number of hydroxylamine groups is 1. The summed E-state index contributed by atoms with van der Waals surface area (Å²) in [7, 11) is 0. The van der Waals surface area contributed by atoms with Crippen LogP contribution in [0, 0.1) is 10.1 Å². The number of hydrogen-bond donors (Lipinski definition) is 2. The SMILES string of the molecule is CCCONC(=O)Nc1ccc([N+](=O)[O-])cc1. The van der Waals surface area contributed by atoms with Crippen molar-refractivity contribution in [1.82, 2.24) is 5.48 Å². The third-order valence-corrected chi connectivity index (χ3v) is 1.81. The monoisotopic (exact) mass is 239 g/mol. The second-order valence-electron chi connectivity index (χ2n) is 3.21. The van der Waals surface area contributed by atoms with E-state index in [-0.39, 0.29) is 5.69 Å². The summed E-state index contributed by atoms with van der Waals surface area (Å²) in [5.74, 6) is 0. The van der Waals surface area contributed by atoms with Crippen molar-refractivity contribution in [2.24, 2.45) is 0 Å². The number of rotatable bonds is 5. The molecule has 1 rings (SSSR count). The van der Waals surface area contributed by atoms with Gasteiger partial charge in [-0.05, 0) is 18.6 Å². The van der Waals surface area contributed by atoms with E-state index in [2.05, 4.69) is 10.8 Å². The molecule has 0 saturated carbocycles. The van der Waals surface area contributed by atoms with Gasteiger partial charge in [0.15, 0.2) is 0 Å². The lowest BCUT2D eigenvalue weighted by molar-refractivity contribution is -0.384. The van der Waals surface area contributed by atoms with E-state index in [4.69, 9.17) is 4.84 Å². The maximum absolute atomic E-state index is 11.2. The number of amides is 2. The fourth-order valence-electron chi connectivity index (χ4n) is 1.04. The van der Waals surface area contributed by atoms with Crippen LogP contribution in [0.4, 0.5) is 16.2 Å². The number of anilines is 1. The maximum atomic E-state index is 11.2. The molecule has 17 heavy (non-hydrogen) atoms. The summed E-state index contributed by atoms with van der Waals surface area (Å²) in [6, 6.07) is 4.98. The van der Waals surface area contributed by atoms with Gasteiger partial charge in [0, 0.05) is 17.8 Å². The van der Waals surface area contributed by atoms with Gasteiger partial charge < -0.3 is 5.32 Å². The number of nitro groups is 1. The summed E-state index contributed by atoms with van der Waals surface area (Å²) in [5.41, 5.74) is 2.61. The van der Waals surface area contributed by atoms with Crippen molar-refractivity contribution in [2.45, 2.75) is 13.3 Å². The fourth-order valence-corrected chi connectivity index (χ4v) is 1.04. The summed E-state index contributed by atoms with van der Waals surface area (Å²) in [6.07, 6.45) is 0.789. The Kier molecular flexibility index (Phi) is 4.89. The molecule has 0 radical (unpaired) electrons. The predicted molar refractivity (Wildman–Crippen MR) is 61.5 cm³/mol. The number of nitrogens with zero attached hydrogens (tertiary/aromatic N) is 1. The Morgan fingerprint density at radius 3 is 2.59 bits per heavy atom. The molecule has 0 atom stereocenters. The normalized spacial score (nSPS) is 9.71. The fraction of sp³-hybridized carbons (Fsp3) is 0.300. The number of benzene rings is 1. The molecule has 0 heterocycles. The summed E-state index contributed by atoms with van der Waals surface area (Å²) in [6.45, 7) is 2.34. The molecule has 7 heteroatoms. The van der Waals surface area contributed by atoms with E-state index >= 15 is 0 Å². The Bertz CT molecular complexity index is 391. The number of nitrogens with one attached hydrogen (secondary N) is 2. The molecular weight excluding hydrogens is 226 g/mol. The number of nitro benzene ring substituents is 1. The number of carbonyl (C=O) groups excluding carboxylic acids is 1. The van der Waals surface area contributed by atoms with E-state index < -0.39 is 11.0 Å². The zero-order chi connectivity index (χ0) is 12.7. The molecule has 0 aliphatic rings. The first kappa shape index (κ1) is 12.9. The minimum absolute atomic E-state index is 0.0295. The smallest absolute Gasteiger partial charge is 0.306 e. The molecule has 0 unspecified atom stereocenters. The van der Waals surface area contributed by atoms with Crippen LogP contribution in [-0.4, -0.2) is 17.6 Å². The minimum Gasteiger partial charge on any atom is -0.306 e. The van der Waals surface area contributed by atoms with E-state index in [1.807, 2.05) is 6.92 Å². The molecule has 0 fully saturated rings. The Hall–Kier alpha value is -2.15. The van der Waals surface area contributed by atoms with E-state index in [0.717, 1.165) is 6.42 Å². The van der Waals surface area contributed by atoms with Crippen LogP contribution < -0.4 is 10.8 Å². The lowest BCUT2D eigenvalue weighted by Crippen LogP contribution is -2.29. The third-order valence-electron chi connectivity index (χ3n) is 1.81. The molecule has 0 saturated heterocycles. The number of hydrogen-bond acceptors (Lipinski definition) is 4. The van der Waals surface area contributed by atoms with Crippen LogP contribution in [-0.2, 0) is 4.84 Å². The van der Waals surface area contributed by atoms with Crippen LogP contribution in [0.3, 0.4) is 0 Å². The van der Waals surface area contributed by atoms with Crippen LogP contribution >= 0.6 is 0 Å². The molecule has 7 nitrogen and oxygen atoms in total. The van der Waals surface area contributed by atoms with Crippen LogP contribution in [0.15, 0.2) is 24.3 Å². The lowest BCUT2D eigenvalue weighted by Gasteiger charge is -2.06. The second-order valence-corrected chi connectivity index (χ2v) is 3.21. The summed E-state index contributed by atoms with van der Waals surface area (Å²) in [5, 5.41) is 12.9. The van der Waals surface area contributed by atoms with Crippen LogP contribution in [0.25, 0.3) is 0 Å². The van der Waals surface area contributed by atoms with Gasteiger partial charge in [-0.3, -0.25) is 15.0 Å². The highest BCUT2D eigenvalue weighted by Crippen LogP contribution is 2.14. The molecule has 0 bridgehead atoms. The average Bonchev–Trinajstić information content (AvgIpc) is 2.30. The highest BCUT2D eigenvalue weighted by molar-refractivity contribution is 5.88. The largest absolute Gasteiger partial charge is 0.343 e. The van der Waals surface area contributed by atoms with Gasteiger partial charge in [0.25, 0.3) is 5.69 Å². The van der Waals surface area contributed by atoms with Crippen molar-refractivity contribution < 1.29 is 14.6 Å². The predicted octanol–water partition coefficient (Wildman–Crippen LogP) is 2.06. The Balaban J connectivity index is 2.46. The molecule has 0 aliphatic carbocycles. The van der Waals surface area contributed by atoms with Crippen LogP contribution in [0.2, 0.25) is 0 Å². The van der Waals surface area contributed by atoms with Crippen molar-refractivity contribution in [1.29, 1.82) is 0 Å². The molecule has 0 spiro atoms. The number of non-ortho nitro benzene ring substituents is 1. The Morgan fingerprint density at radius 1 is 1.41 bits per heavy atom. The number of urea groups is 1. The summed E-state index contributed by atoms with van der Waals surface area (Å²) in [4.78, 5) is 25.9. The third kappa shape index (κ3) is 4.47. The van der Waals surface area contributed by atoms with Crippen molar-refractivity contribution in [2.75, 3.05) is 11.9 Å². The highest BCUT2D eigenvalue weighted by atomic mass is 16.7. The zero-order valence-corrected chi connectivity index (χ0v) is 9.30. The van der Waals surface area contributed by atoms with Crippen molar-refractivity contribution in [3.05, 3.63) is 34.4 Å². The van der Waals surface area contributed by atoms with Crippen LogP contribution in [0.1, 0.15) is 13.3 Å². The van der Waals surface area contributed by atoms with E-state index in [1.165, 1.54) is 24.3 Å². The highest BCUT2D eigenvalue weighted by Gasteiger charge is 2.05. The molecular formula is C10H13N3O4. The first-order valence-corrected chi connectivity index (χ1v) is 5.06. The molecule has 92 valence electrons. The van der Waals surface area contributed by atoms with Gasteiger partial charge in [-0.2, -0.15) is 0 Å². The Morgan fingerprint density at radius 2 is 2.06 bits per heavy atom. The lowest BCUT2D eigenvalue weighted by atomic mass is 10.3. The molecule has 1 aromatic rings. The van der Waals surface area contributed by atoms with E-state index in [1.54, 1.807) is 0 Å². The molecule has 2 N–H and O–H groups in total. The van der Waals surface area contributed by atoms with E-state index in [9.17, 15) is 14.9 Å². The Labute approximate surface area is 97.9 Å². The van der Waals surface area contributed by atoms with Gasteiger partial charge in [-0.1, -0.05) is 6.92 Å². The standard InChI is InChI=1S/C10H13N3O4/c1-2-7-17-12-10(14)11-8-3-5-9(6-4-8)13(15)16/h3-6H,2,7H2,1H3,(H2,11,12,14). The average molecular weight is 239 g/mol. The first-order valence-electron chi connectivity index (χ1n) is 5.06. The van der Waals surface area contributed by atoms with Gasteiger partial charge in [0.05, 0.1) is 11.5 Å². The quantitative estimate of drug-likeness (QED) is 0.467. The maximum Gasteiger partial charge on any atom is 0.343 e. The van der Waals surface area contributed by atoms with Gasteiger partial charge in [0.2, 0.25) is 0 Å². The second kappa shape index (κ2) is 6.44. The van der Waals surface area contributed by atoms with Gasteiger partial charge in [-0.15, -0.1) is 0 Å². The van der Waals surface area contributed by atoms with Crippen molar-refractivity contribution in [3.8, 4) is 0 Å². The molecule has 1 aromatic carbocycles. The molecule has 2 amide bonds. The van der Waals surface area contributed by atoms with Gasteiger partial charge in [0.1, 0.15) is 0 Å². The van der Waals surface area contributed by atoms with Gasteiger partial charge >= 0.3 is 6.03 Å². The van der Waals surface area contributed by atoms with Crippen molar-refractivity contribution >= 4 is 17.4 Å². The molecule has 0 aromatic heterocycles. The summed E-state index contributed by atoms with van der Waals surface area (Å²) < 4.78 is 0. The number of carbonyl (C=O) groups is 1. The zero-order valence-electron chi connectivity index (χ0n) is 9.30. The van der Waals surface area contributed by atoms with Crippen LogP contribution in [0.5, 0.6) is 0 Å². The van der Waals surface area contributed by atoms with E-state index in [0.29, 0.717) is 12.3 Å². The van der Waals surface area contributed by atoms with Gasteiger partial charge in [-0.25, -0.2) is 10.3 Å². The molecule has 0 aliphatic heterocycles. The minimum atomic E-state index is -0.521.